The molecule has 1 amide bonds. The van der Waals surface area contributed by atoms with Gasteiger partial charge in [-0.15, -0.1) is 0 Å². The Hall–Kier alpha value is -3.84. The first-order valence-corrected chi connectivity index (χ1v) is 11.9. The van der Waals surface area contributed by atoms with Crippen LogP contribution in [0.2, 0.25) is 0 Å². The standard InChI is InChI=1S/C28H28N2O4S/c1-4-32-25-13-12-21(17-26(25)33-5-2)18-34-23-11-7-9-20(15-23)16-24-27(31)30(28(35)29-24)22-10-6-8-19(3)14-22/h6-17H,4-5,18H2,1-3H3,(H,29,35)/b24-16+. The first-order valence-electron chi connectivity index (χ1n) is 11.5. The highest BCUT2D eigenvalue weighted by atomic mass is 32.1. The summed E-state index contributed by atoms with van der Waals surface area (Å²) in [5, 5.41) is 3.39. The van der Waals surface area contributed by atoms with E-state index in [4.69, 9.17) is 26.4 Å². The second kappa shape index (κ2) is 11.1. The Morgan fingerprint density at radius 3 is 2.46 bits per heavy atom. The monoisotopic (exact) mass is 488 g/mol. The van der Waals surface area contributed by atoms with E-state index in [1.165, 1.54) is 4.90 Å². The Labute approximate surface area is 211 Å². The van der Waals surface area contributed by atoms with E-state index in [0.29, 0.717) is 42.1 Å². The van der Waals surface area contributed by atoms with E-state index in [-0.39, 0.29) is 5.91 Å². The third kappa shape index (κ3) is 5.81. The number of rotatable bonds is 9. The van der Waals surface area contributed by atoms with Crippen LogP contribution in [0.1, 0.15) is 30.5 Å². The lowest BCUT2D eigenvalue weighted by Crippen LogP contribution is -2.30. The zero-order chi connectivity index (χ0) is 24.8. The van der Waals surface area contributed by atoms with Crippen molar-refractivity contribution in [1.82, 2.24) is 5.32 Å². The molecule has 6 nitrogen and oxygen atoms in total. The molecule has 1 aliphatic rings. The molecule has 0 bridgehead atoms. The third-order valence-electron chi connectivity index (χ3n) is 5.32. The van der Waals surface area contributed by atoms with Crippen molar-refractivity contribution in [2.75, 3.05) is 18.1 Å². The van der Waals surface area contributed by atoms with E-state index in [9.17, 15) is 4.79 Å². The fraction of sp³-hybridized carbons (Fsp3) is 0.214. The molecule has 0 radical (unpaired) electrons. The predicted octanol–water partition coefficient (Wildman–Crippen LogP) is 5.63. The van der Waals surface area contributed by atoms with Gasteiger partial charge in [-0.05, 0) is 92.2 Å². The zero-order valence-corrected chi connectivity index (χ0v) is 20.9. The molecule has 1 N–H and O–H groups in total. The van der Waals surface area contributed by atoms with Crippen molar-refractivity contribution in [2.45, 2.75) is 27.4 Å². The van der Waals surface area contributed by atoms with Crippen LogP contribution in [0.15, 0.2) is 72.4 Å². The molecule has 4 rings (SSSR count). The first-order chi connectivity index (χ1) is 17.0. The van der Waals surface area contributed by atoms with Crippen LogP contribution >= 0.6 is 12.2 Å². The number of ether oxygens (including phenoxy) is 3. The summed E-state index contributed by atoms with van der Waals surface area (Å²) >= 11 is 5.42. The van der Waals surface area contributed by atoms with E-state index in [1.807, 2.05) is 87.5 Å². The van der Waals surface area contributed by atoms with Crippen LogP contribution in [-0.4, -0.2) is 24.2 Å². The van der Waals surface area contributed by atoms with Gasteiger partial charge in [0.2, 0.25) is 0 Å². The number of hydrogen-bond donors (Lipinski definition) is 1. The predicted molar refractivity (Wildman–Crippen MR) is 142 cm³/mol. The molecule has 1 aliphatic heterocycles. The van der Waals surface area contributed by atoms with Gasteiger partial charge in [0.25, 0.3) is 5.91 Å². The SMILES string of the molecule is CCOc1ccc(COc2cccc(/C=C3/NC(=S)N(c4cccc(C)c4)C3=O)c2)cc1OCC. The average molecular weight is 489 g/mol. The first kappa shape index (κ1) is 24.3. The summed E-state index contributed by atoms with van der Waals surface area (Å²) in [5.74, 6) is 1.92. The Bertz CT molecular complexity index is 1270. The van der Waals surface area contributed by atoms with Gasteiger partial charge in [-0.3, -0.25) is 9.69 Å². The molecule has 0 unspecified atom stereocenters. The van der Waals surface area contributed by atoms with Gasteiger partial charge in [0.05, 0.1) is 18.9 Å². The highest BCUT2D eigenvalue weighted by Gasteiger charge is 2.31. The number of nitrogens with zero attached hydrogens (tertiary/aromatic N) is 1. The molecule has 0 aliphatic carbocycles. The van der Waals surface area contributed by atoms with E-state index in [0.717, 1.165) is 28.1 Å². The minimum absolute atomic E-state index is 0.190. The van der Waals surface area contributed by atoms with Gasteiger partial charge < -0.3 is 19.5 Å². The van der Waals surface area contributed by atoms with Crippen molar-refractivity contribution in [3.8, 4) is 17.2 Å². The van der Waals surface area contributed by atoms with Crippen LogP contribution in [0.3, 0.4) is 0 Å². The number of amides is 1. The Balaban J connectivity index is 1.47. The van der Waals surface area contributed by atoms with Crippen molar-refractivity contribution in [2.24, 2.45) is 0 Å². The quantitative estimate of drug-likeness (QED) is 0.311. The van der Waals surface area contributed by atoms with Crippen molar-refractivity contribution in [1.29, 1.82) is 0 Å². The summed E-state index contributed by atoms with van der Waals surface area (Å²) in [6.07, 6.45) is 1.78. The summed E-state index contributed by atoms with van der Waals surface area (Å²) in [4.78, 5) is 14.6. The minimum Gasteiger partial charge on any atom is -0.490 e. The van der Waals surface area contributed by atoms with Crippen molar-refractivity contribution >= 4 is 35.0 Å². The number of thiocarbonyl (C=S) groups is 1. The van der Waals surface area contributed by atoms with Crippen LogP contribution in [-0.2, 0) is 11.4 Å². The fourth-order valence-electron chi connectivity index (χ4n) is 3.75. The highest BCUT2D eigenvalue weighted by Crippen LogP contribution is 2.29. The van der Waals surface area contributed by atoms with Gasteiger partial charge in [-0.2, -0.15) is 0 Å². The van der Waals surface area contributed by atoms with Crippen molar-refractivity contribution in [3.05, 3.63) is 89.1 Å². The molecule has 1 heterocycles. The molecule has 180 valence electrons. The van der Waals surface area contributed by atoms with Crippen LogP contribution in [0, 0.1) is 6.92 Å². The summed E-state index contributed by atoms with van der Waals surface area (Å²) in [7, 11) is 0. The lowest BCUT2D eigenvalue weighted by Gasteiger charge is -2.14. The van der Waals surface area contributed by atoms with E-state index < -0.39 is 0 Å². The number of aryl methyl sites for hydroxylation is 1. The Morgan fingerprint density at radius 2 is 1.69 bits per heavy atom. The maximum absolute atomic E-state index is 13.0. The molecule has 3 aromatic rings. The van der Waals surface area contributed by atoms with Gasteiger partial charge in [0.15, 0.2) is 16.6 Å². The normalized spacial score (nSPS) is 14.3. The van der Waals surface area contributed by atoms with Gasteiger partial charge in [0.1, 0.15) is 18.1 Å². The van der Waals surface area contributed by atoms with Crippen molar-refractivity contribution in [3.63, 3.8) is 0 Å². The van der Waals surface area contributed by atoms with E-state index >= 15 is 0 Å². The summed E-state index contributed by atoms with van der Waals surface area (Å²) in [6, 6.07) is 21.1. The second-order valence-corrected chi connectivity index (χ2v) is 8.36. The lowest BCUT2D eigenvalue weighted by molar-refractivity contribution is -0.113. The highest BCUT2D eigenvalue weighted by molar-refractivity contribution is 7.80. The molecule has 3 aromatic carbocycles. The van der Waals surface area contributed by atoms with Gasteiger partial charge in [-0.1, -0.05) is 30.3 Å². The topological polar surface area (TPSA) is 60.0 Å². The lowest BCUT2D eigenvalue weighted by atomic mass is 10.1. The smallest absolute Gasteiger partial charge is 0.281 e. The molecule has 0 atom stereocenters. The number of nitrogens with one attached hydrogen (secondary N) is 1. The summed E-state index contributed by atoms with van der Waals surface area (Å²) < 4.78 is 17.3. The number of carbonyl (C=O) groups is 1. The maximum atomic E-state index is 13.0. The molecule has 1 fully saturated rings. The number of anilines is 1. The van der Waals surface area contributed by atoms with E-state index in [1.54, 1.807) is 6.08 Å². The number of carbonyl (C=O) groups excluding carboxylic acids is 1. The average Bonchev–Trinajstić information content (AvgIpc) is 3.12. The molecule has 0 aromatic heterocycles. The number of benzene rings is 3. The molecule has 0 saturated carbocycles. The number of hydrogen-bond acceptors (Lipinski definition) is 5. The summed E-state index contributed by atoms with van der Waals surface area (Å²) in [5.41, 5.74) is 4.01. The maximum Gasteiger partial charge on any atom is 0.281 e. The Kier molecular flexibility index (Phi) is 7.67. The van der Waals surface area contributed by atoms with Gasteiger partial charge >= 0.3 is 0 Å². The van der Waals surface area contributed by atoms with Crippen molar-refractivity contribution < 1.29 is 19.0 Å². The molecule has 7 heteroatoms. The Morgan fingerprint density at radius 1 is 0.914 bits per heavy atom. The van der Waals surface area contributed by atoms with Crippen LogP contribution < -0.4 is 24.4 Å². The van der Waals surface area contributed by atoms with Crippen LogP contribution in [0.5, 0.6) is 17.2 Å². The minimum atomic E-state index is -0.190. The second-order valence-electron chi connectivity index (χ2n) is 7.98. The molecule has 1 saturated heterocycles. The largest absolute Gasteiger partial charge is 0.490 e. The van der Waals surface area contributed by atoms with Crippen LogP contribution in [0.4, 0.5) is 5.69 Å². The molecule has 0 spiro atoms. The third-order valence-corrected chi connectivity index (χ3v) is 5.61. The molecular formula is C28H28N2O4S. The van der Waals surface area contributed by atoms with E-state index in [2.05, 4.69) is 5.32 Å². The fourth-order valence-corrected chi connectivity index (χ4v) is 4.05. The zero-order valence-electron chi connectivity index (χ0n) is 20.0. The van der Waals surface area contributed by atoms with Gasteiger partial charge in [-0.25, -0.2) is 0 Å². The molecular weight excluding hydrogens is 460 g/mol. The van der Waals surface area contributed by atoms with Gasteiger partial charge in [0, 0.05) is 0 Å². The molecule has 35 heavy (non-hydrogen) atoms. The van der Waals surface area contributed by atoms with Crippen LogP contribution in [0.25, 0.3) is 6.08 Å². The summed E-state index contributed by atoms with van der Waals surface area (Å²) in [6.45, 7) is 7.36.